The number of aliphatic imine (C=N–C) groups is 1. The first-order valence-electron chi connectivity index (χ1n) is 9.03. The number of ether oxygens (including phenoxy) is 1. The van der Waals surface area contributed by atoms with Crippen molar-refractivity contribution in [1.82, 2.24) is 5.48 Å². The molecule has 0 amide bonds. The van der Waals surface area contributed by atoms with Crippen LogP contribution in [0.2, 0.25) is 0 Å². The van der Waals surface area contributed by atoms with E-state index in [9.17, 15) is 4.39 Å². The molecule has 3 aliphatic heterocycles. The molecule has 2 bridgehead atoms. The number of benzene rings is 2. The molecule has 1 fully saturated rings. The van der Waals surface area contributed by atoms with E-state index in [-0.39, 0.29) is 5.82 Å². The molecule has 2 aromatic carbocycles. The van der Waals surface area contributed by atoms with Gasteiger partial charge < -0.3 is 15.4 Å². The van der Waals surface area contributed by atoms with Crippen LogP contribution in [0.4, 0.5) is 21.5 Å². The Labute approximate surface area is 161 Å². The van der Waals surface area contributed by atoms with Crippen LogP contribution in [-0.2, 0) is 4.84 Å². The van der Waals surface area contributed by atoms with Gasteiger partial charge in [-0.25, -0.2) is 19.7 Å². The lowest BCUT2D eigenvalue weighted by Crippen LogP contribution is -2.51. The Bertz CT molecular complexity index is 1030. The number of hydrogen-bond acceptors (Lipinski definition) is 7. The molecule has 144 valence electrons. The van der Waals surface area contributed by atoms with E-state index in [1.54, 1.807) is 13.1 Å². The zero-order chi connectivity index (χ0) is 19.5. The smallest absolute Gasteiger partial charge is 0.351 e. The number of fused-ring (bicyclic) bond motifs is 3. The highest BCUT2D eigenvalue weighted by molar-refractivity contribution is 5.85. The molecule has 3 aliphatic rings. The lowest BCUT2D eigenvalue weighted by atomic mass is 10.1. The number of aryl methyl sites for hydroxylation is 1. The molecule has 1 atom stereocenters. The Kier molecular flexibility index (Phi) is 3.54. The van der Waals surface area contributed by atoms with Crippen molar-refractivity contribution in [1.29, 1.82) is 0 Å². The SMILES string of the molecule is CC1=C2NOC(Nc3cc(C)c(C)c(F)c3)(N=C1)N2c1ccc2c(c1)NCO2. The van der Waals surface area contributed by atoms with Gasteiger partial charge in [0, 0.05) is 17.5 Å². The molecule has 1 saturated heterocycles. The lowest BCUT2D eigenvalue weighted by molar-refractivity contribution is -0.0214. The fraction of sp³-hybridized carbons (Fsp3) is 0.250. The molecule has 8 heteroatoms. The normalized spacial score (nSPS) is 21.9. The largest absolute Gasteiger partial charge is 0.471 e. The predicted molar refractivity (Wildman–Crippen MR) is 106 cm³/mol. The third-order valence-corrected chi connectivity index (χ3v) is 5.25. The first-order valence-corrected chi connectivity index (χ1v) is 9.03. The van der Waals surface area contributed by atoms with Crippen molar-refractivity contribution in [3.8, 4) is 5.75 Å². The average Bonchev–Trinajstić information content (AvgIpc) is 3.24. The summed E-state index contributed by atoms with van der Waals surface area (Å²) in [5, 5.41) is 6.44. The number of halogens is 1. The van der Waals surface area contributed by atoms with Gasteiger partial charge in [-0.2, -0.15) is 0 Å². The summed E-state index contributed by atoms with van der Waals surface area (Å²) < 4.78 is 19.8. The van der Waals surface area contributed by atoms with Gasteiger partial charge in [-0.15, -0.1) is 0 Å². The number of allylic oxidation sites excluding steroid dienone is 1. The molecule has 3 N–H and O–H groups in total. The van der Waals surface area contributed by atoms with Crippen LogP contribution in [-0.4, -0.2) is 18.9 Å². The Balaban J connectivity index is 1.58. The van der Waals surface area contributed by atoms with Crippen molar-refractivity contribution in [3.05, 3.63) is 58.7 Å². The van der Waals surface area contributed by atoms with E-state index >= 15 is 0 Å². The van der Waals surface area contributed by atoms with E-state index in [0.717, 1.165) is 34.1 Å². The first kappa shape index (κ1) is 16.9. The molecule has 7 nitrogen and oxygen atoms in total. The van der Waals surface area contributed by atoms with Crippen molar-refractivity contribution in [3.63, 3.8) is 0 Å². The molecule has 0 radical (unpaired) electrons. The summed E-state index contributed by atoms with van der Waals surface area (Å²) >= 11 is 0. The Hall–Kier alpha value is -3.26. The molecular weight excluding hydrogens is 361 g/mol. The Morgan fingerprint density at radius 1 is 1.21 bits per heavy atom. The summed E-state index contributed by atoms with van der Waals surface area (Å²) in [6.45, 7) is 6.02. The number of nitrogens with zero attached hydrogens (tertiary/aromatic N) is 2. The quantitative estimate of drug-likeness (QED) is 0.755. The van der Waals surface area contributed by atoms with E-state index in [1.807, 2.05) is 43.0 Å². The maximum Gasteiger partial charge on any atom is 0.351 e. The minimum atomic E-state index is -1.27. The molecule has 2 aromatic rings. The molecule has 5 rings (SSSR count). The third-order valence-electron chi connectivity index (χ3n) is 5.25. The number of nitrogens with one attached hydrogen (secondary N) is 3. The van der Waals surface area contributed by atoms with Crippen molar-refractivity contribution >= 4 is 23.3 Å². The van der Waals surface area contributed by atoms with Gasteiger partial charge in [-0.3, -0.25) is 4.90 Å². The summed E-state index contributed by atoms with van der Waals surface area (Å²) in [5.41, 5.74) is 7.68. The first-order chi connectivity index (χ1) is 13.5. The second-order valence-electron chi connectivity index (χ2n) is 7.11. The van der Waals surface area contributed by atoms with Crippen LogP contribution >= 0.6 is 0 Å². The fourth-order valence-electron chi connectivity index (χ4n) is 3.56. The van der Waals surface area contributed by atoms with Gasteiger partial charge in [0.25, 0.3) is 0 Å². The van der Waals surface area contributed by atoms with Crippen LogP contribution < -0.4 is 25.8 Å². The highest BCUT2D eigenvalue weighted by Gasteiger charge is 2.49. The summed E-state index contributed by atoms with van der Waals surface area (Å²) in [6, 6.07) is 9.15. The van der Waals surface area contributed by atoms with E-state index in [2.05, 4.69) is 21.1 Å². The molecule has 28 heavy (non-hydrogen) atoms. The lowest BCUT2D eigenvalue weighted by Gasteiger charge is -2.36. The highest BCUT2D eigenvalue weighted by atomic mass is 19.1. The number of hydrogen-bond donors (Lipinski definition) is 3. The van der Waals surface area contributed by atoms with Crippen LogP contribution in [0.3, 0.4) is 0 Å². The Morgan fingerprint density at radius 2 is 2.07 bits per heavy atom. The second kappa shape index (κ2) is 5.87. The van der Waals surface area contributed by atoms with E-state index < -0.39 is 5.97 Å². The van der Waals surface area contributed by atoms with Gasteiger partial charge in [0.2, 0.25) is 0 Å². The van der Waals surface area contributed by atoms with E-state index in [4.69, 9.17) is 9.57 Å². The average molecular weight is 381 g/mol. The minimum Gasteiger partial charge on any atom is -0.471 e. The topological polar surface area (TPSA) is 70.2 Å². The number of rotatable bonds is 3. The molecule has 0 aliphatic carbocycles. The standard InChI is InChI=1S/C20H20FN5O2/c1-11-6-14(7-16(21)13(11)3)24-20-23-9-12(2)19(25-28-20)26(20)15-4-5-18-17(8-15)22-10-27-18/h4-9,22,24-25H,10H2,1-3H3. The number of anilines is 3. The van der Waals surface area contributed by atoms with E-state index in [0.29, 0.717) is 18.0 Å². The summed E-state index contributed by atoms with van der Waals surface area (Å²) in [7, 11) is 0. The number of hydroxylamine groups is 1. The van der Waals surface area contributed by atoms with Crippen LogP contribution in [0.25, 0.3) is 0 Å². The van der Waals surface area contributed by atoms with Crippen LogP contribution in [0.1, 0.15) is 18.1 Å². The fourth-order valence-corrected chi connectivity index (χ4v) is 3.56. The van der Waals surface area contributed by atoms with Gasteiger partial charge >= 0.3 is 5.97 Å². The maximum absolute atomic E-state index is 14.3. The Morgan fingerprint density at radius 3 is 2.89 bits per heavy atom. The monoisotopic (exact) mass is 381 g/mol. The van der Waals surface area contributed by atoms with E-state index in [1.165, 1.54) is 6.07 Å². The molecule has 1 unspecified atom stereocenters. The molecular formula is C20H20FN5O2. The van der Waals surface area contributed by atoms with Crippen LogP contribution in [0.5, 0.6) is 5.75 Å². The van der Waals surface area contributed by atoms with Crippen LogP contribution in [0, 0.1) is 19.7 Å². The second-order valence-corrected chi connectivity index (χ2v) is 7.11. The molecule has 0 saturated carbocycles. The van der Waals surface area contributed by atoms with Gasteiger partial charge in [0.1, 0.15) is 17.4 Å². The van der Waals surface area contributed by atoms with Gasteiger partial charge in [-0.05, 0) is 62.2 Å². The molecule has 0 spiro atoms. The summed E-state index contributed by atoms with van der Waals surface area (Å²) in [5.74, 6) is 0.0264. The van der Waals surface area contributed by atoms with Gasteiger partial charge in [-0.1, -0.05) is 0 Å². The zero-order valence-electron chi connectivity index (χ0n) is 15.8. The molecule has 0 aromatic heterocycles. The van der Waals surface area contributed by atoms with Crippen molar-refractivity contribution in [2.75, 3.05) is 22.3 Å². The predicted octanol–water partition coefficient (Wildman–Crippen LogP) is 3.58. The molecule has 3 heterocycles. The third kappa shape index (κ3) is 2.41. The summed E-state index contributed by atoms with van der Waals surface area (Å²) in [6.07, 6.45) is 1.74. The highest BCUT2D eigenvalue weighted by Crippen LogP contribution is 2.42. The van der Waals surface area contributed by atoms with Gasteiger partial charge in [0.15, 0.2) is 6.73 Å². The van der Waals surface area contributed by atoms with Crippen molar-refractivity contribution in [2.45, 2.75) is 26.7 Å². The minimum absolute atomic E-state index is 0.276. The summed E-state index contributed by atoms with van der Waals surface area (Å²) in [4.78, 5) is 12.4. The maximum atomic E-state index is 14.3. The van der Waals surface area contributed by atoms with Crippen molar-refractivity contribution < 1.29 is 14.0 Å². The van der Waals surface area contributed by atoms with Crippen LogP contribution in [0.15, 0.2) is 46.7 Å². The van der Waals surface area contributed by atoms with Crippen molar-refractivity contribution in [2.24, 2.45) is 4.99 Å². The van der Waals surface area contributed by atoms with Gasteiger partial charge in [0.05, 0.1) is 11.4 Å². The zero-order valence-corrected chi connectivity index (χ0v) is 15.8.